The molecule has 0 spiro atoms. The van der Waals surface area contributed by atoms with Crippen molar-refractivity contribution in [2.45, 2.75) is 39.8 Å². The number of benzene rings is 2. The average molecular weight is 513 g/mol. The van der Waals surface area contributed by atoms with Gasteiger partial charge in [0.25, 0.3) is 0 Å². The van der Waals surface area contributed by atoms with E-state index in [1.807, 2.05) is 42.6 Å². The van der Waals surface area contributed by atoms with Gasteiger partial charge in [0.05, 0.1) is 37.7 Å². The summed E-state index contributed by atoms with van der Waals surface area (Å²) in [5, 5.41) is 4.18. The van der Waals surface area contributed by atoms with Crippen molar-refractivity contribution in [1.82, 2.24) is 14.9 Å². The van der Waals surface area contributed by atoms with Crippen LogP contribution in [0, 0.1) is 27.7 Å². The predicted octanol–water partition coefficient (Wildman–Crippen LogP) is 6.30. The SMILES string of the molecule is COc1ccc(OC)c(N2C(=S)NC(c3ccccn3)C2c2cc(C)n(-c3cc(C)ccc3C)c2C)c1. The minimum atomic E-state index is -0.159. The van der Waals surface area contributed by atoms with E-state index in [-0.39, 0.29) is 12.1 Å². The van der Waals surface area contributed by atoms with Crippen LogP contribution >= 0.6 is 12.2 Å². The summed E-state index contributed by atoms with van der Waals surface area (Å²) in [6.07, 6.45) is 1.82. The topological polar surface area (TPSA) is 51.6 Å². The molecule has 1 N–H and O–H groups in total. The summed E-state index contributed by atoms with van der Waals surface area (Å²) in [4.78, 5) is 6.85. The van der Waals surface area contributed by atoms with E-state index < -0.39 is 0 Å². The molecule has 1 saturated heterocycles. The number of methoxy groups -OCH3 is 2. The lowest BCUT2D eigenvalue weighted by Crippen LogP contribution is -2.30. The van der Waals surface area contributed by atoms with E-state index in [1.165, 1.54) is 22.4 Å². The van der Waals surface area contributed by atoms with Gasteiger partial charge < -0.3 is 24.3 Å². The van der Waals surface area contributed by atoms with E-state index in [2.05, 4.69) is 66.7 Å². The van der Waals surface area contributed by atoms with Crippen LogP contribution in [0.5, 0.6) is 11.5 Å². The average Bonchev–Trinajstić information content (AvgIpc) is 3.40. The minimum Gasteiger partial charge on any atom is -0.497 e. The number of rotatable bonds is 6. The maximum Gasteiger partial charge on any atom is 0.174 e. The quantitative estimate of drug-likeness (QED) is 0.306. The summed E-state index contributed by atoms with van der Waals surface area (Å²) in [7, 11) is 3.34. The van der Waals surface area contributed by atoms with Gasteiger partial charge in [-0.3, -0.25) is 4.98 Å². The molecular formula is C30H32N4O2S. The minimum absolute atomic E-state index is 0.155. The number of ether oxygens (including phenoxy) is 2. The maximum atomic E-state index is 5.96. The van der Waals surface area contributed by atoms with Gasteiger partial charge in [-0.05, 0) is 93.0 Å². The van der Waals surface area contributed by atoms with Crippen molar-refractivity contribution in [3.63, 3.8) is 0 Å². The van der Waals surface area contributed by atoms with E-state index in [4.69, 9.17) is 26.7 Å². The number of thiocarbonyl (C=S) groups is 1. The highest BCUT2D eigenvalue weighted by molar-refractivity contribution is 7.80. The van der Waals surface area contributed by atoms with Gasteiger partial charge in [0, 0.05) is 29.3 Å². The Labute approximate surface area is 223 Å². The molecule has 0 amide bonds. The lowest BCUT2D eigenvalue weighted by Gasteiger charge is -2.29. The van der Waals surface area contributed by atoms with Crippen LogP contribution in [0.25, 0.3) is 5.69 Å². The van der Waals surface area contributed by atoms with Crippen molar-refractivity contribution in [2.75, 3.05) is 19.1 Å². The second-order valence-electron chi connectivity index (χ2n) is 9.49. The Morgan fingerprint density at radius 2 is 1.70 bits per heavy atom. The first-order valence-electron chi connectivity index (χ1n) is 12.3. The highest BCUT2D eigenvalue weighted by Gasteiger charge is 2.43. The van der Waals surface area contributed by atoms with Crippen molar-refractivity contribution in [1.29, 1.82) is 0 Å². The molecule has 0 bridgehead atoms. The Bertz CT molecular complexity index is 1460. The zero-order chi connectivity index (χ0) is 26.3. The highest BCUT2D eigenvalue weighted by Crippen LogP contribution is 2.47. The zero-order valence-corrected chi connectivity index (χ0v) is 22.9. The molecule has 0 radical (unpaired) electrons. The van der Waals surface area contributed by atoms with E-state index in [1.54, 1.807) is 14.2 Å². The second-order valence-corrected chi connectivity index (χ2v) is 9.87. The van der Waals surface area contributed by atoms with Crippen molar-refractivity contribution in [3.8, 4) is 17.2 Å². The molecule has 37 heavy (non-hydrogen) atoms. The van der Waals surface area contributed by atoms with Crippen LogP contribution in [0.4, 0.5) is 5.69 Å². The van der Waals surface area contributed by atoms with Gasteiger partial charge in [0.15, 0.2) is 5.11 Å². The Hall–Kier alpha value is -3.84. The monoisotopic (exact) mass is 512 g/mol. The summed E-state index contributed by atoms with van der Waals surface area (Å²) in [5.74, 6) is 1.46. The Morgan fingerprint density at radius 3 is 2.41 bits per heavy atom. The van der Waals surface area contributed by atoms with Gasteiger partial charge >= 0.3 is 0 Å². The summed E-state index contributed by atoms with van der Waals surface area (Å²) in [6, 6.07) is 20.3. The van der Waals surface area contributed by atoms with Gasteiger partial charge in [-0.15, -0.1) is 0 Å². The number of nitrogens with one attached hydrogen (secondary N) is 1. The fourth-order valence-corrected chi connectivity index (χ4v) is 5.67. The van der Waals surface area contributed by atoms with Crippen LogP contribution in [0.1, 0.15) is 45.9 Å². The third-order valence-electron chi connectivity index (χ3n) is 7.14. The Kier molecular flexibility index (Phi) is 6.65. The predicted molar refractivity (Wildman–Crippen MR) is 152 cm³/mol. The van der Waals surface area contributed by atoms with E-state index in [9.17, 15) is 0 Å². The van der Waals surface area contributed by atoms with Gasteiger partial charge in [-0.25, -0.2) is 0 Å². The summed E-state index contributed by atoms with van der Waals surface area (Å²) in [6.45, 7) is 8.63. The van der Waals surface area contributed by atoms with E-state index >= 15 is 0 Å². The molecule has 0 aliphatic carbocycles. The molecule has 5 rings (SSSR count). The van der Waals surface area contributed by atoms with Crippen LogP contribution in [0.3, 0.4) is 0 Å². The lowest BCUT2D eigenvalue weighted by atomic mass is 9.96. The number of nitrogens with zero attached hydrogens (tertiary/aromatic N) is 3. The normalized spacial score (nSPS) is 17.1. The van der Waals surface area contributed by atoms with Crippen molar-refractivity contribution >= 4 is 23.0 Å². The largest absolute Gasteiger partial charge is 0.497 e. The summed E-state index contributed by atoms with van der Waals surface area (Å²) >= 11 is 5.96. The molecule has 4 aromatic rings. The fourth-order valence-electron chi connectivity index (χ4n) is 5.33. The fraction of sp³-hybridized carbons (Fsp3) is 0.267. The molecule has 2 aromatic carbocycles. The van der Waals surface area contributed by atoms with E-state index in [0.29, 0.717) is 5.11 Å². The Morgan fingerprint density at radius 1 is 0.892 bits per heavy atom. The molecule has 2 atom stereocenters. The number of aromatic nitrogens is 2. The molecule has 7 heteroatoms. The van der Waals surface area contributed by atoms with E-state index in [0.717, 1.165) is 34.3 Å². The summed E-state index contributed by atoms with van der Waals surface area (Å²) < 4.78 is 13.7. The van der Waals surface area contributed by atoms with Gasteiger partial charge in [0.2, 0.25) is 0 Å². The lowest BCUT2D eigenvalue weighted by molar-refractivity contribution is 0.403. The maximum absolute atomic E-state index is 5.96. The van der Waals surface area contributed by atoms with Crippen LogP contribution in [-0.4, -0.2) is 28.9 Å². The molecule has 3 heterocycles. The first-order chi connectivity index (χ1) is 17.8. The molecule has 1 aliphatic heterocycles. The first kappa shape index (κ1) is 24.8. The number of anilines is 1. The molecule has 190 valence electrons. The number of hydrogen-bond donors (Lipinski definition) is 1. The number of aryl methyl sites for hydroxylation is 3. The molecule has 1 fully saturated rings. The van der Waals surface area contributed by atoms with Gasteiger partial charge in [0.1, 0.15) is 11.5 Å². The van der Waals surface area contributed by atoms with Crippen LogP contribution in [0.15, 0.2) is 66.9 Å². The van der Waals surface area contributed by atoms with Gasteiger partial charge in [-0.2, -0.15) is 0 Å². The Balaban J connectivity index is 1.73. The third-order valence-corrected chi connectivity index (χ3v) is 7.45. The highest BCUT2D eigenvalue weighted by atomic mass is 32.1. The van der Waals surface area contributed by atoms with Crippen LogP contribution < -0.4 is 19.7 Å². The molecule has 0 saturated carbocycles. The van der Waals surface area contributed by atoms with Crippen molar-refractivity contribution < 1.29 is 9.47 Å². The van der Waals surface area contributed by atoms with Crippen molar-refractivity contribution in [3.05, 3.63) is 101 Å². The van der Waals surface area contributed by atoms with Crippen LogP contribution in [0.2, 0.25) is 0 Å². The van der Waals surface area contributed by atoms with Gasteiger partial charge in [-0.1, -0.05) is 18.2 Å². The molecule has 2 unspecified atom stereocenters. The third kappa shape index (κ3) is 4.33. The second kappa shape index (κ2) is 9.90. The molecular weight excluding hydrogens is 480 g/mol. The van der Waals surface area contributed by atoms with Crippen LogP contribution in [-0.2, 0) is 0 Å². The smallest absolute Gasteiger partial charge is 0.174 e. The number of pyridine rings is 1. The zero-order valence-electron chi connectivity index (χ0n) is 22.1. The first-order valence-corrected chi connectivity index (χ1v) is 12.7. The number of hydrogen-bond acceptors (Lipinski definition) is 4. The summed E-state index contributed by atoms with van der Waals surface area (Å²) in [5.41, 5.74) is 8.92. The standard InChI is InChI=1S/C30H32N4O2S/c1-18-10-11-19(2)25(15-18)33-20(3)16-23(21(33)4)29-28(24-9-7-8-14-31-24)32-30(37)34(29)26-17-22(35-5)12-13-27(26)36-6/h7-17,28-29H,1-6H3,(H,32,37). The molecule has 1 aliphatic rings. The molecule has 6 nitrogen and oxygen atoms in total. The molecule has 2 aromatic heterocycles. The van der Waals surface area contributed by atoms with Crippen molar-refractivity contribution in [2.24, 2.45) is 0 Å².